The third-order valence-electron chi connectivity index (χ3n) is 0.922. The summed E-state index contributed by atoms with van der Waals surface area (Å²) in [5.74, 6) is 0. The van der Waals surface area contributed by atoms with Gasteiger partial charge < -0.3 is 4.74 Å². The van der Waals surface area contributed by atoms with E-state index in [-0.39, 0.29) is 12.1 Å². The van der Waals surface area contributed by atoms with Crippen molar-refractivity contribution in [2.75, 3.05) is 19.6 Å². The first-order chi connectivity index (χ1) is 5.65. The van der Waals surface area contributed by atoms with Crippen molar-refractivity contribution >= 4 is 35.9 Å². The molecule has 0 aliphatic rings. The molecule has 0 aromatic carbocycles. The van der Waals surface area contributed by atoms with Crippen LogP contribution in [0.5, 0.6) is 0 Å². The molecule has 0 saturated carbocycles. The Labute approximate surface area is 80.0 Å². The molecule has 0 fully saturated rings. The molecule has 0 saturated heterocycles. The van der Waals surface area contributed by atoms with Crippen LogP contribution in [0.4, 0.5) is 4.79 Å². The van der Waals surface area contributed by atoms with E-state index in [0.717, 1.165) is 0 Å². The lowest BCUT2D eigenvalue weighted by Crippen LogP contribution is -2.36. The molecule has 0 unspecified atom stereocenters. The van der Waals surface area contributed by atoms with Crippen LogP contribution in [0.3, 0.4) is 0 Å². The predicted molar refractivity (Wildman–Crippen MR) is 52.1 cm³/mol. The SMILES string of the molecule is COC(=N)NC(=O)N(SC)SC. The van der Waals surface area contributed by atoms with Crippen LogP contribution < -0.4 is 5.32 Å². The van der Waals surface area contributed by atoms with E-state index in [2.05, 4.69) is 10.1 Å². The van der Waals surface area contributed by atoms with Crippen molar-refractivity contribution in [3.63, 3.8) is 0 Å². The van der Waals surface area contributed by atoms with Crippen LogP contribution in [0.2, 0.25) is 0 Å². The van der Waals surface area contributed by atoms with Gasteiger partial charge >= 0.3 is 6.03 Å². The molecule has 12 heavy (non-hydrogen) atoms. The van der Waals surface area contributed by atoms with Crippen LogP contribution in [0, 0.1) is 5.41 Å². The largest absolute Gasteiger partial charge is 0.468 e. The number of nitrogens with zero attached hydrogens (tertiary/aromatic N) is 1. The lowest BCUT2D eigenvalue weighted by atomic mass is 10.9. The van der Waals surface area contributed by atoms with Crippen molar-refractivity contribution in [3.05, 3.63) is 0 Å². The van der Waals surface area contributed by atoms with E-state index in [1.54, 1.807) is 12.5 Å². The smallest absolute Gasteiger partial charge is 0.345 e. The maximum absolute atomic E-state index is 11.1. The molecule has 0 heterocycles. The summed E-state index contributed by atoms with van der Waals surface area (Å²) < 4.78 is 5.86. The molecule has 5 nitrogen and oxygen atoms in total. The predicted octanol–water partition coefficient (Wildman–Crippen LogP) is 1.14. The molecule has 2 N–H and O–H groups in total. The fraction of sp³-hybridized carbons (Fsp3) is 0.600. The van der Waals surface area contributed by atoms with Crippen LogP contribution in [-0.2, 0) is 4.74 Å². The Bertz CT molecular complexity index is 172. The standard InChI is InChI=1S/C5H11N3O2S2/c1-10-4(6)7-5(9)8(11-2)12-3/h1-3H3,(H2,6,7,9). The van der Waals surface area contributed by atoms with E-state index in [9.17, 15) is 4.79 Å². The van der Waals surface area contributed by atoms with Crippen molar-refractivity contribution in [1.82, 2.24) is 9.03 Å². The summed E-state index contributed by atoms with van der Waals surface area (Å²) in [4.78, 5) is 11.1. The van der Waals surface area contributed by atoms with Crippen molar-refractivity contribution < 1.29 is 9.53 Å². The zero-order valence-corrected chi connectivity index (χ0v) is 8.71. The molecular formula is C5H11N3O2S2. The van der Waals surface area contributed by atoms with Crippen LogP contribution in [-0.4, -0.2) is 35.4 Å². The van der Waals surface area contributed by atoms with Gasteiger partial charge in [-0.15, -0.1) is 0 Å². The number of hydrogen-bond donors (Lipinski definition) is 2. The Balaban J connectivity index is 3.92. The molecule has 0 bridgehead atoms. The van der Waals surface area contributed by atoms with Gasteiger partial charge in [-0.2, -0.15) is 0 Å². The van der Waals surface area contributed by atoms with E-state index in [0.29, 0.717) is 0 Å². The second kappa shape index (κ2) is 6.01. The van der Waals surface area contributed by atoms with Crippen LogP contribution in [0.1, 0.15) is 0 Å². The van der Waals surface area contributed by atoms with Gasteiger partial charge in [-0.3, -0.25) is 10.7 Å². The van der Waals surface area contributed by atoms with Gasteiger partial charge in [-0.05, 0) is 23.9 Å². The van der Waals surface area contributed by atoms with Crippen molar-refractivity contribution in [1.29, 1.82) is 5.41 Å². The highest BCUT2D eigenvalue weighted by Crippen LogP contribution is 2.15. The van der Waals surface area contributed by atoms with Crippen molar-refractivity contribution in [3.8, 4) is 0 Å². The van der Waals surface area contributed by atoms with Gasteiger partial charge in [-0.25, -0.2) is 8.51 Å². The van der Waals surface area contributed by atoms with E-state index in [1.807, 2.05) is 0 Å². The van der Waals surface area contributed by atoms with Crippen LogP contribution >= 0.6 is 23.9 Å². The summed E-state index contributed by atoms with van der Waals surface area (Å²) in [5, 5.41) is 9.25. The van der Waals surface area contributed by atoms with Gasteiger partial charge in [0.05, 0.1) is 7.11 Å². The highest BCUT2D eigenvalue weighted by Gasteiger charge is 2.12. The number of amidine groups is 1. The molecular weight excluding hydrogens is 198 g/mol. The number of hydrogen-bond acceptors (Lipinski definition) is 5. The fourth-order valence-electron chi connectivity index (χ4n) is 0.434. The molecule has 7 heteroatoms. The molecule has 0 rings (SSSR count). The fourth-order valence-corrected chi connectivity index (χ4v) is 1.45. The molecule has 0 atom stereocenters. The maximum Gasteiger partial charge on any atom is 0.345 e. The molecule has 0 aliphatic carbocycles. The minimum Gasteiger partial charge on any atom is -0.468 e. The Kier molecular flexibility index (Phi) is 5.73. The summed E-state index contributed by atoms with van der Waals surface area (Å²) in [6.45, 7) is 0. The minimum absolute atomic E-state index is 0.256. The van der Waals surface area contributed by atoms with Crippen LogP contribution in [0.25, 0.3) is 0 Å². The number of nitrogens with one attached hydrogen (secondary N) is 2. The maximum atomic E-state index is 11.1. The summed E-state index contributed by atoms with van der Waals surface area (Å²) in [7, 11) is 1.32. The van der Waals surface area contributed by atoms with Gasteiger partial charge in [0, 0.05) is 12.5 Å². The van der Waals surface area contributed by atoms with E-state index in [1.165, 1.54) is 34.7 Å². The summed E-state index contributed by atoms with van der Waals surface area (Å²) in [5.41, 5.74) is 0. The normalized spacial score (nSPS) is 8.92. The number of methoxy groups -OCH3 is 1. The molecule has 0 aromatic rings. The van der Waals surface area contributed by atoms with Crippen molar-refractivity contribution in [2.45, 2.75) is 0 Å². The second-order valence-electron chi connectivity index (χ2n) is 1.59. The lowest BCUT2D eigenvalue weighted by molar-refractivity contribution is 0.240. The zero-order valence-electron chi connectivity index (χ0n) is 7.08. The number of urea groups is 1. The summed E-state index contributed by atoms with van der Waals surface area (Å²) in [6.07, 6.45) is 3.54. The van der Waals surface area contributed by atoms with Crippen molar-refractivity contribution in [2.24, 2.45) is 0 Å². The molecule has 0 radical (unpaired) electrons. The van der Waals surface area contributed by atoms with Crippen LogP contribution in [0.15, 0.2) is 0 Å². The number of rotatable bonds is 2. The monoisotopic (exact) mass is 209 g/mol. The van der Waals surface area contributed by atoms with Gasteiger partial charge in [0.1, 0.15) is 0 Å². The van der Waals surface area contributed by atoms with E-state index in [4.69, 9.17) is 5.41 Å². The van der Waals surface area contributed by atoms with E-state index < -0.39 is 0 Å². The third kappa shape index (κ3) is 3.72. The molecule has 70 valence electrons. The van der Waals surface area contributed by atoms with Gasteiger partial charge in [0.2, 0.25) is 0 Å². The molecule has 2 amide bonds. The first-order valence-corrected chi connectivity index (χ1v) is 5.34. The average molecular weight is 209 g/mol. The summed E-state index contributed by atoms with van der Waals surface area (Å²) in [6, 6.07) is -0.630. The Morgan fingerprint density at radius 2 is 2.00 bits per heavy atom. The first-order valence-electron chi connectivity index (χ1n) is 2.97. The topological polar surface area (TPSA) is 65.4 Å². The number of ether oxygens (including phenoxy) is 1. The Morgan fingerprint density at radius 1 is 1.50 bits per heavy atom. The average Bonchev–Trinajstić information content (AvgIpc) is 2.06. The number of amides is 2. The highest BCUT2D eigenvalue weighted by molar-refractivity contribution is 8.12. The summed E-state index contributed by atoms with van der Waals surface area (Å²) >= 11 is 2.53. The minimum atomic E-state index is -0.373. The van der Waals surface area contributed by atoms with Gasteiger partial charge in [-0.1, -0.05) is 0 Å². The van der Waals surface area contributed by atoms with Gasteiger partial charge in [0.15, 0.2) is 0 Å². The first kappa shape index (κ1) is 11.4. The van der Waals surface area contributed by atoms with Gasteiger partial charge in [0.25, 0.3) is 6.02 Å². The Morgan fingerprint density at radius 3 is 2.33 bits per heavy atom. The quantitative estimate of drug-likeness (QED) is 0.406. The number of carbonyl (C=O) groups is 1. The molecule has 0 aromatic heterocycles. The third-order valence-corrected chi connectivity index (χ3v) is 2.81. The number of carbonyl (C=O) groups excluding carboxylic acids is 1. The lowest BCUT2D eigenvalue weighted by Gasteiger charge is -2.15. The molecule has 0 aliphatic heterocycles. The van der Waals surface area contributed by atoms with E-state index >= 15 is 0 Å². The zero-order chi connectivity index (χ0) is 9.56. The highest BCUT2D eigenvalue weighted by atomic mass is 32.2. The second-order valence-corrected chi connectivity index (χ2v) is 3.28. The Hall–Kier alpha value is -0.560. The molecule has 0 spiro atoms.